The van der Waals surface area contributed by atoms with E-state index in [9.17, 15) is 9.59 Å². The summed E-state index contributed by atoms with van der Waals surface area (Å²) < 4.78 is 5.29. The molecule has 2 aliphatic rings. The van der Waals surface area contributed by atoms with Crippen LogP contribution in [-0.4, -0.2) is 41.2 Å². The molecule has 120 valence electrons. The zero-order valence-corrected chi connectivity index (χ0v) is 13.3. The Morgan fingerprint density at radius 3 is 2.64 bits per heavy atom. The average molecular weight is 304 g/mol. The van der Waals surface area contributed by atoms with E-state index in [1.807, 2.05) is 17.0 Å². The lowest BCUT2D eigenvalue weighted by Crippen LogP contribution is -2.45. The number of furan rings is 1. The van der Waals surface area contributed by atoms with Crippen LogP contribution in [0.3, 0.4) is 0 Å². The number of rotatable bonds is 3. The second-order valence-electron chi connectivity index (χ2n) is 6.94. The topological polar surface area (TPSA) is 53.8 Å². The first kappa shape index (κ1) is 15.1. The molecular formula is C17H24N2O3. The number of amides is 2. The fraction of sp³-hybridized carbons (Fsp3) is 0.647. The Morgan fingerprint density at radius 2 is 2.00 bits per heavy atom. The summed E-state index contributed by atoms with van der Waals surface area (Å²) in [5.74, 6) is 1.86. The van der Waals surface area contributed by atoms with Gasteiger partial charge in [-0.3, -0.25) is 9.59 Å². The van der Waals surface area contributed by atoms with Gasteiger partial charge in [-0.25, -0.2) is 0 Å². The fourth-order valence-corrected chi connectivity index (χ4v) is 3.78. The molecule has 0 spiro atoms. The lowest BCUT2D eigenvalue weighted by Gasteiger charge is -2.36. The van der Waals surface area contributed by atoms with E-state index in [2.05, 4.69) is 13.8 Å². The minimum absolute atomic E-state index is 0.0489. The number of hydrogen-bond acceptors (Lipinski definition) is 3. The minimum atomic E-state index is -0.194. The molecule has 5 nitrogen and oxygen atoms in total. The third-order valence-electron chi connectivity index (χ3n) is 4.67. The number of piperidine rings is 1. The Kier molecular flexibility index (Phi) is 4.23. The molecule has 1 aromatic heterocycles. The molecule has 2 amide bonds. The molecule has 22 heavy (non-hydrogen) atoms. The Hall–Kier alpha value is -1.78. The van der Waals surface area contributed by atoms with Crippen LogP contribution in [0, 0.1) is 17.8 Å². The molecule has 0 N–H and O–H groups in total. The number of hydrogen-bond donors (Lipinski definition) is 0. The van der Waals surface area contributed by atoms with Crippen molar-refractivity contribution >= 4 is 11.8 Å². The molecule has 3 heterocycles. The summed E-state index contributed by atoms with van der Waals surface area (Å²) in [7, 11) is 0. The Morgan fingerprint density at radius 1 is 1.27 bits per heavy atom. The largest absolute Gasteiger partial charge is 0.467 e. The molecule has 1 aromatic rings. The van der Waals surface area contributed by atoms with Crippen molar-refractivity contribution in [2.24, 2.45) is 17.8 Å². The Bertz CT molecular complexity index is 530. The monoisotopic (exact) mass is 304 g/mol. The zero-order chi connectivity index (χ0) is 15.7. The van der Waals surface area contributed by atoms with Gasteiger partial charge in [-0.05, 0) is 30.4 Å². The summed E-state index contributed by atoms with van der Waals surface area (Å²) in [6.07, 6.45) is 3.12. The van der Waals surface area contributed by atoms with Gasteiger partial charge in [0.25, 0.3) is 0 Å². The molecular weight excluding hydrogens is 280 g/mol. The third kappa shape index (κ3) is 3.18. The van der Waals surface area contributed by atoms with Gasteiger partial charge in [-0.15, -0.1) is 0 Å². The maximum atomic E-state index is 12.7. The first-order valence-corrected chi connectivity index (χ1v) is 8.12. The lowest BCUT2D eigenvalue weighted by molar-refractivity contribution is -0.138. The van der Waals surface area contributed by atoms with Gasteiger partial charge in [0.2, 0.25) is 11.8 Å². The van der Waals surface area contributed by atoms with Gasteiger partial charge in [0, 0.05) is 26.1 Å². The molecule has 2 aliphatic heterocycles. The van der Waals surface area contributed by atoms with Crippen LogP contribution < -0.4 is 0 Å². The molecule has 3 atom stereocenters. The van der Waals surface area contributed by atoms with Gasteiger partial charge in [-0.2, -0.15) is 0 Å². The second-order valence-corrected chi connectivity index (χ2v) is 6.94. The summed E-state index contributed by atoms with van der Waals surface area (Å²) >= 11 is 0. The number of carbonyl (C=O) groups is 2. The van der Waals surface area contributed by atoms with Crippen LogP contribution in [0.4, 0.5) is 0 Å². The highest BCUT2D eigenvalue weighted by atomic mass is 16.3. The second kappa shape index (κ2) is 6.15. The first-order valence-electron chi connectivity index (χ1n) is 8.12. The van der Waals surface area contributed by atoms with Crippen molar-refractivity contribution in [3.63, 3.8) is 0 Å². The highest BCUT2D eigenvalue weighted by Crippen LogP contribution is 2.26. The molecule has 0 radical (unpaired) electrons. The summed E-state index contributed by atoms with van der Waals surface area (Å²) in [5, 5.41) is 0. The molecule has 3 unspecified atom stereocenters. The van der Waals surface area contributed by atoms with Crippen LogP contribution in [0.5, 0.6) is 0 Å². The van der Waals surface area contributed by atoms with E-state index in [4.69, 9.17) is 4.42 Å². The molecule has 2 fully saturated rings. The summed E-state index contributed by atoms with van der Waals surface area (Å²) in [6.45, 7) is 7.01. The van der Waals surface area contributed by atoms with Gasteiger partial charge in [0.05, 0.1) is 18.7 Å². The van der Waals surface area contributed by atoms with E-state index >= 15 is 0 Å². The van der Waals surface area contributed by atoms with Crippen molar-refractivity contribution < 1.29 is 14.0 Å². The number of carbonyl (C=O) groups excluding carboxylic acids is 2. The third-order valence-corrected chi connectivity index (χ3v) is 4.67. The average Bonchev–Trinajstić information content (AvgIpc) is 3.08. The van der Waals surface area contributed by atoms with Crippen molar-refractivity contribution in [3.05, 3.63) is 24.2 Å². The summed E-state index contributed by atoms with van der Waals surface area (Å²) in [4.78, 5) is 28.5. The van der Waals surface area contributed by atoms with Crippen molar-refractivity contribution in [2.45, 2.75) is 33.2 Å². The normalized spacial score (nSPS) is 29.2. The maximum Gasteiger partial charge on any atom is 0.228 e. The Labute approximate surface area is 131 Å². The van der Waals surface area contributed by atoms with Crippen molar-refractivity contribution in [3.8, 4) is 0 Å². The van der Waals surface area contributed by atoms with Crippen LogP contribution in [0.25, 0.3) is 0 Å². The van der Waals surface area contributed by atoms with E-state index < -0.39 is 0 Å². The van der Waals surface area contributed by atoms with Gasteiger partial charge >= 0.3 is 0 Å². The maximum absolute atomic E-state index is 12.7. The number of likely N-dealkylation sites (tertiary alicyclic amines) is 2. The molecule has 0 aliphatic carbocycles. The van der Waals surface area contributed by atoms with Crippen molar-refractivity contribution in [2.75, 3.05) is 19.6 Å². The zero-order valence-electron chi connectivity index (χ0n) is 13.3. The van der Waals surface area contributed by atoms with Crippen LogP contribution in [-0.2, 0) is 16.1 Å². The summed E-state index contributed by atoms with van der Waals surface area (Å²) in [5.41, 5.74) is 0. The van der Waals surface area contributed by atoms with Gasteiger partial charge in [0.1, 0.15) is 5.76 Å². The van der Waals surface area contributed by atoms with E-state index in [0.717, 1.165) is 18.8 Å². The van der Waals surface area contributed by atoms with Crippen LogP contribution in [0.2, 0.25) is 0 Å². The quantitative estimate of drug-likeness (QED) is 0.859. The predicted octanol–water partition coefficient (Wildman–Crippen LogP) is 2.13. The molecule has 5 heteroatoms. The highest BCUT2D eigenvalue weighted by Gasteiger charge is 2.38. The van der Waals surface area contributed by atoms with Gasteiger partial charge in [-0.1, -0.05) is 13.8 Å². The fourth-order valence-electron chi connectivity index (χ4n) is 3.78. The molecule has 0 bridgehead atoms. The van der Waals surface area contributed by atoms with E-state index in [1.54, 1.807) is 11.2 Å². The predicted molar refractivity (Wildman–Crippen MR) is 81.8 cm³/mol. The van der Waals surface area contributed by atoms with Crippen molar-refractivity contribution in [1.82, 2.24) is 9.80 Å². The van der Waals surface area contributed by atoms with E-state index in [0.29, 0.717) is 31.3 Å². The highest BCUT2D eigenvalue weighted by molar-refractivity contribution is 5.89. The van der Waals surface area contributed by atoms with Crippen LogP contribution in [0.1, 0.15) is 32.4 Å². The van der Waals surface area contributed by atoms with Gasteiger partial charge < -0.3 is 14.2 Å². The molecule has 0 saturated carbocycles. The van der Waals surface area contributed by atoms with Crippen molar-refractivity contribution in [1.29, 1.82) is 0 Å². The summed E-state index contributed by atoms with van der Waals surface area (Å²) in [6, 6.07) is 3.67. The Balaban J connectivity index is 1.61. The lowest BCUT2D eigenvalue weighted by atomic mass is 9.91. The van der Waals surface area contributed by atoms with Gasteiger partial charge in [0.15, 0.2) is 0 Å². The number of nitrogens with zero attached hydrogens (tertiary/aromatic N) is 2. The van der Waals surface area contributed by atoms with E-state index in [1.165, 1.54) is 6.42 Å². The first-order chi connectivity index (χ1) is 10.5. The molecule has 3 rings (SSSR count). The van der Waals surface area contributed by atoms with Crippen LogP contribution >= 0.6 is 0 Å². The molecule has 2 saturated heterocycles. The standard InChI is InChI=1S/C17H24N2O3/c1-12-6-13(2)9-19(8-12)17(21)14-7-16(20)18(10-14)11-15-4-3-5-22-15/h3-5,12-14H,6-11H2,1-2H3. The smallest absolute Gasteiger partial charge is 0.228 e. The van der Waals surface area contributed by atoms with E-state index in [-0.39, 0.29) is 17.7 Å². The molecule has 0 aromatic carbocycles. The SMILES string of the molecule is CC1CC(C)CN(C(=O)C2CC(=O)N(Cc3ccco3)C2)C1. The van der Waals surface area contributed by atoms with Crippen LogP contribution in [0.15, 0.2) is 22.8 Å². The minimum Gasteiger partial charge on any atom is -0.467 e.